The molecule has 2 heterocycles. The fourth-order valence-corrected chi connectivity index (χ4v) is 2.19. The largest absolute Gasteiger partial charge is 0.383 e. The quantitative estimate of drug-likeness (QED) is 0.785. The lowest BCUT2D eigenvalue weighted by Gasteiger charge is -2.07. The molecule has 0 radical (unpaired) electrons. The summed E-state index contributed by atoms with van der Waals surface area (Å²) < 4.78 is 2.97. The van der Waals surface area contributed by atoms with Crippen LogP contribution in [0.5, 0.6) is 0 Å². The first-order valence-corrected chi connectivity index (χ1v) is 5.22. The van der Waals surface area contributed by atoms with Crippen molar-refractivity contribution in [3.63, 3.8) is 0 Å². The Bertz CT molecular complexity index is 514. The highest BCUT2D eigenvalue weighted by atomic mass is 79.9. The Kier molecular flexibility index (Phi) is 2.03. The number of hydrogen-bond donors (Lipinski definition) is 1. The molecule has 4 heteroatoms. The van der Waals surface area contributed by atoms with Crippen LogP contribution >= 0.6 is 15.9 Å². The Balaban J connectivity index is 3.03. The molecule has 3 nitrogen and oxygen atoms in total. The first kappa shape index (κ1) is 9.52. The first-order valence-electron chi connectivity index (χ1n) is 4.42. The van der Waals surface area contributed by atoms with Gasteiger partial charge >= 0.3 is 0 Å². The topological polar surface area (TPSA) is 43.3 Å². The van der Waals surface area contributed by atoms with Gasteiger partial charge in [0, 0.05) is 5.69 Å². The molecule has 0 atom stereocenters. The van der Waals surface area contributed by atoms with Gasteiger partial charge in [-0.1, -0.05) is 0 Å². The summed E-state index contributed by atoms with van der Waals surface area (Å²) in [5, 5.41) is 0. The van der Waals surface area contributed by atoms with E-state index in [-0.39, 0.29) is 0 Å². The zero-order chi connectivity index (χ0) is 10.5. The van der Waals surface area contributed by atoms with Crippen LogP contribution in [0, 0.1) is 20.8 Å². The first-order chi connectivity index (χ1) is 6.52. The van der Waals surface area contributed by atoms with Crippen molar-refractivity contribution in [3.8, 4) is 0 Å². The number of imidazole rings is 1. The van der Waals surface area contributed by atoms with Crippen LogP contribution in [0.3, 0.4) is 0 Å². The molecule has 0 bridgehead atoms. The number of rotatable bonds is 0. The molecule has 0 unspecified atom stereocenters. The molecule has 2 aromatic rings. The van der Waals surface area contributed by atoms with E-state index in [1.807, 2.05) is 18.2 Å². The molecule has 0 amide bonds. The van der Waals surface area contributed by atoms with Gasteiger partial charge in [-0.05, 0) is 48.3 Å². The standard InChI is InChI=1S/C10H12BrN3/c1-5-4-8(11)10-13-6(2)9(12)14(10)7(5)3/h4H,12H2,1-3H3. The summed E-state index contributed by atoms with van der Waals surface area (Å²) in [6.07, 6.45) is 0. The van der Waals surface area contributed by atoms with Crippen molar-refractivity contribution >= 4 is 27.4 Å². The van der Waals surface area contributed by atoms with E-state index < -0.39 is 0 Å². The second-order valence-electron chi connectivity index (χ2n) is 3.50. The van der Waals surface area contributed by atoms with Crippen molar-refractivity contribution < 1.29 is 0 Å². The van der Waals surface area contributed by atoms with E-state index in [1.54, 1.807) is 0 Å². The minimum atomic E-state index is 0.724. The van der Waals surface area contributed by atoms with Gasteiger partial charge in [0.15, 0.2) is 5.65 Å². The van der Waals surface area contributed by atoms with Gasteiger partial charge in [-0.3, -0.25) is 4.40 Å². The Hall–Kier alpha value is -1.03. The Morgan fingerprint density at radius 1 is 1.36 bits per heavy atom. The van der Waals surface area contributed by atoms with Crippen LogP contribution < -0.4 is 5.73 Å². The van der Waals surface area contributed by atoms with E-state index in [4.69, 9.17) is 5.73 Å². The van der Waals surface area contributed by atoms with E-state index in [9.17, 15) is 0 Å². The number of hydrogen-bond acceptors (Lipinski definition) is 2. The number of pyridine rings is 1. The molecule has 2 N–H and O–H groups in total. The highest BCUT2D eigenvalue weighted by Gasteiger charge is 2.11. The summed E-state index contributed by atoms with van der Waals surface area (Å²) in [7, 11) is 0. The molecule has 2 aromatic heterocycles. The van der Waals surface area contributed by atoms with Gasteiger partial charge in [-0.25, -0.2) is 4.98 Å². The molecule has 2 rings (SSSR count). The molecule has 0 aliphatic heterocycles. The maximum Gasteiger partial charge on any atom is 0.153 e. The maximum absolute atomic E-state index is 5.96. The Morgan fingerprint density at radius 2 is 2.00 bits per heavy atom. The van der Waals surface area contributed by atoms with E-state index in [0.717, 1.165) is 27.3 Å². The van der Waals surface area contributed by atoms with Crippen LogP contribution in [-0.4, -0.2) is 9.38 Å². The maximum atomic E-state index is 5.96. The van der Waals surface area contributed by atoms with E-state index in [1.165, 1.54) is 5.56 Å². The number of fused-ring (bicyclic) bond motifs is 1. The highest BCUT2D eigenvalue weighted by Crippen LogP contribution is 2.25. The lowest BCUT2D eigenvalue weighted by Crippen LogP contribution is -2.00. The summed E-state index contributed by atoms with van der Waals surface area (Å²) >= 11 is 3.49. The molecule has 0 aliphatic carbocycles. The Labute approximate surface area is 91.1 Å². The number of halogens is 1. The summed E-state index contributed by atoms with van der Waals surface area (Å²) in [4.78, 5) is 4.41. The summed E-state index contributed by atoms with van der Waals surface area (Å²) in [5.41, 5.74) is 10.1. The molecule has 0 saturated carbocycles. The number of anilines is 1. The van der Waals surface area contributed by atoms with E-state index in [0.29, 0.717) is 0 Å². The zero-order valence-electron chi connectivity index (χ0n) is 8.43. The minimum Gasteiger partial charge on any atom is -0.383 e. The van der Waals surface area contributed by atoms with Crippen LogP contribution in [0.15, 0.2) is 10.5 Å². The average Bonchev–Trinajstić information content (AvgIpc) is 2.41. The van der Waals surface area contributed by atoms with Gasteiger partial charge in [-0.15, -0.1) is 0 Å². The molecule has 0 aliphatic rings. The van der Waals surface area contributed by atoms with E-state index >= 15 is 0 Å². The molecule has 14 heavy (non-hydrogen) atoms. The number of nitrogens with two attached hydrogens (primary N) is 1. The SMILES string of the molecule is Cc1cc(Br)c2nc(C)c(N)n2c1C. The predicted octanol–water partition coefficient (Wildman–Crippen LogP) is 2.60. The second kappa shape index (κ2) is 2.98. The third kappa shape index (κ3) is 1.14. The van der Waals surface area contributed by atoms with Crippen LogP contribution in [0.2, 0.25) is 0 Å². The van der Waals surface area contributed by atoms with Crippen molar-refractivity contribution in [2.75, 3.05) is 5.73 Å². The van der Waals surface area contributed by atoms with Crippen LogP contribution in [0.25, 0.3) is 5.65 Å². The van der Waals surface area contributed by atoms with Crippen LogP contribution in [-0.2, 0) is 0 Å². The fraction of sp³-hybridized carbons (Fsp3) is 0.300. The van der Waals surface area contributed by atoms with Gasteiger partial charge in [0.1, 0.15) is 5.82 Å². The molecule has 0 aromatic carbocycles. The number of nitrogens with zero attached hydrogens (tertiary/aromatic N) is 2. The Morgan fingerprint density at radius 3 is 2.64 bits per heavy atom. The monoisotopic (exact) mass is 253 g/mol. The van der Waals surface area contributed by atoms with Crippen molar-refractivity contribution in [2.45, 2.75) is 20.8 Å². The molecule has 0 spiro atoms. The van der Waals surface area contributed by atoms with Crippen molar-refractivity contribution in [1.29, 1.82) is 0 Å². The number of aromatic nitrogens is 2. The van der Waals surface area contributed by atoms with Crippen molar-refractivity contribution in [3.05, 3.63) is 27.5 Å². The number of aryl methyl sites for hydroxylation is 3. The molecular weight excluding hydrogens is 242 g/mol. The summed E-state index contributed by atoms with van der Waals surface area (Å²) in [5.74, 6) is 0.724. The van der Waals surface area contributed by atoms with Gasteiger partial charge in [-0.2, -0.15) is 0 Å². The van der Waals surface area contributed by atoms with Crippen molar-refractivity contribution in [1.82, 2.24) is 9.38 Å². The highest BCUT2D eigenvalue weighted by molar-refractivity contribution is 9.10. The van der Waals surface area contributed by atoms with Gasteiger partial charge in [0.05, 0.1) is 10.2 Å². The molecule has 74 valence electrons. The van der Waals surface area contributed by atoms with Crippen LogP contribution in [0.4, 0.5) is 5.82 Å². The molecule has 0 fully saturated rings. The molecular formula is C10H12BrN3. The smallest absolute Gasteiger partial charge is 0.153 e. The third-order valence-electron chi connectivity index (χ3n) is 2.56. The normalized spacial score (nSPS) is 11.1. The minimum absolute atomic E-state index is 0.724. The average molecular weight is 254 g/mol. The molecule has 0 saturated heterocycles. The summed E-state index contributed by atoms with van der Waals surface area (Å²) in [6.45, 7) is 6.03. The van der Waals surface area contributed by atoms with Gasteiger partial charge < -0.3 is 5.73 Å². The van der Waals surface area contributed by atoms with Gasteiger partial charge in [0.2, 0.25) is 0 Å². The lowest BCUT2D eigenvalue weighted by molar-refractivity contribution is 1.06. The van der Waals surface area contributed by atoms with Gasteiger partial charge in [0.25, 0.3) is 0 Å². The fourth-order valence-electron chi connectivity index (χ4n) is 1.58. The third-order valence-corrected chi connectivity index (χ3v) is 3.14. The van der Waals surface area contributed by atoms with E-state index in [2.05, 4.69) is 33.9 Å². The van der Waals surface area contributed by atoms with Crippen LogP contribution in [0.1, 0.15) is 17.0 Å². The summed E-state index contributed by atoms with van der Waals surface area (Å²) in [6, 6.07) is 2.07. The number of nitrogen functional groups attached to an aromatic ring is 1. The lowest BCUT2D eigenvalue weighted by atomic mass is 10.2. The zero-order valence-corrected chi connectivity index (χ0v) is 10.0. The predicted molar refractivity (Wildman–Crippen MR) is 61.5 cm³/mol. The second-order valence-corrected chi connectivity index (χ2v) is 4.36. The van der Waals surface area contributed by atoms with Crippen molar-refractivity contribution in [2.24, 2.45) is 0 Å².